The first-order valence-corrected chi connectivity index (χ1v) is 7.96. The number of rotatable bonds is 7. The molecular weight excluding hydrogens is 336 g/mol. The van der Waals surface area contributed by atoms with E-state index < -0.39 is 4.92 Å². The minimum atomic E-state index is -0.416. The molecule has 1 unspecified atom stereocenters. The van der Waals surface area contributed by atoms with Crippen LogP contribution in [0, 0.1) is 16.0 Å². The molecule has 0 radical (unpaired) electrons. The Hall–Kier alpha value is -1.76. The summed E-state index contributed by atoms with van der Waals surface area (Å²) in [4.78, 5) is 14.5. The number of alkyl halides is 1. The third-order valence-electron chi connectivity index (χ3n) is 3.23. The highest BCUT2D eigenvalue weighted by Gasteiger charge is 2.11. The summed E-state index contributed by atoms with van der Waals surface area (Å²) in [5, 5.41) is 16.0. The van der Waals surface area contributed by atoms with Crippen LogP contribution in [-0.2, 0) is 6.54 Å². The maximum Gasteiger partial charge on any atom is 0.269 e. The number of aromatic nitrogens is 3. The molecule has 2 rings (SSSR count). The second kappa shape index (κ2) is 7.31. The van der Waals surface area contributed by atoms with Crippen molar-refractivity contribution in [2.24, 2.45) is 5.92 Å². The fourth-order valence-electron chi connectivity index (χ4n) is 2.14. The van der Waals surface area contributed by atoms with E-state index in [9.17, 15) is 10.1 Å². The Morgan fingerprint density at radius 1 is 1.38 bits per heavy atom. The Bertz CT molecular complexity index is 597. The number of non-ortho nitro benzene ring substituents is 1. The van der Waals surface area contributed by atoms with Crippen LogP contribution in [0.1, 0.15) is 19.8 Å². The Balaban J connectivity index is 2.10. The van der Waals surface area contributed by atoms with Gasteiger partial charge < -0.3 is 0 Å². The van der Waals surface area contributed by atoms with Gasteiger partial charge in [-0.25, -0.2) is 4.98 Å². The number of nitro groups is 1. The van der Waals surface area contributed by atoms with Gasteiger partial charge in [0.1, 0.15) is 6.33 Å². The van der Waals surface area contributed by atoms with Crippen LogP contribution in [0.2, 0.25) is 0 Å². The van der Waals surface area contributed by atoms with Gasteiger partial charge >= 0.3 is 0 Å². The fraction of sp³-hybridized carbons (Fsp3) is 0.429. The van der Waals surface area contributed by atoms with E-state index in [1.807, 2.05) is 4.68 Å². The maximum atomic E-state index is 10.6. The first-order chi connectivity index (χ1) is 10.1. The summed E-state index contributed by atoms with van der Waals surface area (Å²) in [6, 6.07) is 6.28. The van der Waals surface area contributed by atoms with E-state index in [4.69, 9.17) is 0 Å². The van der Waals surface area contributed by atoms with Gasteiger partial charge in [-0.05, 0) is 24.5 Å². The molecule has 21 heavy (non-hydrogen) atoms. The monoisotopic (exact) mass is 352 g/mol. The van der Waals surface area contributed by atoms with E-state index >= 15 is 0 Å². The van der Waals surface area contributed by atoms with E-state index in [-0.39, 0.29) is 5.69 Å². The summed E-state index contributed by atoms with van der Waals surface area (Å²) in [7, 11) is 0. The molecule has 2 aromatic rings. The molecule has 1 atom stereocenters. The van der Waals surface area contributed by atoms with Crippen LogP contribution in [0.5, 0.6) is 0 Å². The molecule has 0 N–H and O–H groups in total. The first-order valence-electron chi connectivity index (χ1n) is 6.84. The van der Waals surface area contributed by atoms with Gasteiger partial charge in [-0.15, -0.1) is 0 Å². The smallest absolute Gasteiger partial charge is 0.258 e. The predicted molar refractivity (Wildman–Crippen MR) is 84.3 cm³/mol. The van der Waals surface area contributed by atoms with Crippen molar-refractivity contribution in [3.63, 3.8) is 0 Å². The molecule has 0 saturated heterocycles. The predicted octanol–water partition coefficient (Wildman–Crippen LogP) is 3.66. The number of hydrogen-bond acceptors (Lipinski definition) is 4. The summed E-state index contributed by atoms with van der Waals surface area (Å²) in [6.45, 7) is 2.98. The Labute approximate surface area is 131 Å². The highest BCUT2D eigenvalue weighted by Crippen LogP contribution is 2.19. The van der Waals surface area contributed by atoms with E-state index in [2.05, 4.69) is 32.9 Å². The van der Waals surface area contributed by atoms with Gasteiger partial charge in [0.15, 0.2) is 5.82 Å². The van der Waals surface area contributed by atoms with Gasteiger partial charge in [-0.3, -0.25) is 14.8 Å². The molecule has 0 aliphatic heterocycles. The lowest BCUT2D eigenvalue weighted by Gasteiger charge is -2.11. The normalized spacial score (nSPS) is 12.3. The van der Waals surface area contributed by atoms with E-state index in [0.29, 0.717) is 11.7 Å². The average Bonchev–Trinajstić information content (AvgIpc) is 2.95. The molecule has 112 valence electrons. The van der Waals surface area contributed by atoms with Gasteiger partial charge in [0.05, 0.1) is 4.92 Å². The van der Waals surface area contributed by atoms with Crippen molar-refractivity contribution >= 4 is 21.6 Å². The summed E-state index contributed by atoms with van der Waals surface area (Å²) >= 11 is 3.52. The largest absolute Gasteiger partial charge is 0.269 e. The van der Waals surface area contributed by atoms with E-state index in [1.54, 1.807) is 18.5 Å². The maximum absolute atomic E-state index is 10.6. The zero-order valence-electron chi connectivity index (χ0n) is 11.8. The van der Waals surface area contributed by atoms with Crippen LogP contribution in [0.15, 0.2) is 30.6 Å². The van der Waals surface area contributed by atoms with Crippen molar-refractivity contribution in [1.82, 2.24) is 14.8 Å². The number of nitrogens with zero attached hydrogens (tertiary/aromatic N) is 4. The molecule has 0 spiro atoms. The molecule has 0 fully saturated rings. The fourth-order valence-corrected chi connectivity index (χ4v) is 2.67. The van der Waals surface area contributed by atoms with Gasteiger partial charge in [-0.1, -0.05) is 29.3 Å². The molecule has 7 heteroatoms. The van der Waals surface area contributed by atoms with Crippen molar-refractivity contribution in [3.05, 3.63) is 40.7 Å². The lowest BCUT2D eigenvalue weighted by molar-refractivity contribution is -0.384. The number of halogens is 1. The van der Waals surface area contributed by atoms with Crippen molar-refractivity contribution in [2.45, 2.75) is 26.3 Å². The zero-order valence-corrected chi connectivity index (χ0v) is 13.4. The third kappa shape index (κ3) is 4.10. The zero-order chi connectivity index (χ0) is 15.2. The van der Waals surface area contributed by atoms with Gasteiger partial charge in [0.2, 0.25) is 0 Å². The number of benzene rings is 1. The van der Waals surface area contributed by atoms with E-state index in [0.717, 1.165) is 30.3 Å². The molecule has 0 aliphatic carbocycles. The van der Waals surface area contributed by atoms with Crippen molar-refractivity contribution in [1.29, 1.82) is 0 Å². The molecule has 1 aromatic carbocycles. The van der Waals surface area contributed by atoms with Gasteiger partial charge in [0.25, 0.3) is 5.69 Å². The molecule has 1 heterocycles. The topological polar surface area (TPSA) is 73.8 Å². The van der Waals surface area contributed by atoms with Crippen LogP contribution in [0.25, 0.3) is 11.4 Å². The lowest BCUT2D eigenvalue weighted by atomic mass is 10.1. The van der Waals surface area contributed by atoms with Crippen LogP contribution < -0.4 is 0 Å². The summed E-state index contributed by atoms with van der Waals surface area (Å²) in [5.74, 6) is 1.12. The molecule has 0 bridgehead atoms. The SMILES string of the molecule is CCCC(CBr)Cn1cnc(-c2ccc([N+](=O)[O-])cc2)n1. The Kier molecular flexibility index (Phi) is 5.44. The molecular formula is C14H17BrN4O2. The molecule has 1 aromatic heterocycles. The Morgan fingerprint density at radius 3 is 2.67 bits per heavy atom. The minimum absolute atomic E-state index is 0.0699. The summed E-state index contributed by atoms with van der Waals surface area (Å²) < 4.78 is 1.83. The van der Waals surface area contributed by atoms with Gasteiger partial charge in [-0.2, -0.15) is 5.10 Å². The van der Waals surface area contributed by atoms with Crippen LogP contribution >= 0.6 is 15.9 Å². The van der Waals surface area contributed by atoms with Crippen LogP contribution in [0.4, 0.5) is 5.69 Å². The van der Waals surface area contributed by atoms with E-state index in [1.165, 1.54) is 12.1 Å². The quantitative estimate of drug-likeness (QED) is 0.433. The molecule has 0 amide bonds. The average molecular weight is 353 g/mol. The van der Waals surface area contributed by atoms with Crippen molar-refractivity contribution in [2.75, 3.05) is 5.33 Å². The number of nitro benzene ring substituents is 1. The second-order valence-corrected chi connectivity index (χ2v) is 5.55. The standard InChI is InChI=1S/C14H17BrN4O2/c1-2-3-11(8-15)9-18-10-16-14(17-18)12-4-6-13(7-5-12)19(20)21/h4-7,10-11H,2-3,8-9H2,1H3. The third-order valence-corrected chi connectivity index (χ3v) is 4.15. The molecule has 0 aliphatic rings. The van der Waals surface area contributed by atoms with Crippen LogP contribution in [-0.4, -0.2) is 25.0 Å². The lowest BCUT2D eigenvalue weighted by Crippen LogP contribution is -2.12. The Morgan fingerprint density at radius 2 is 2.10 bits per heavy atom. The molecule has 0 saturated carbocycles. The van der Waals surface area contributed by atoms with Crippen molar-refractivity contribution in [3.8, 4) is 11.4 Å². The number of hydrogen-bond donors (Lipinski definition) is 0. The van der Waals surface area contributed by atoms with Crippen molar-refractivity contribution < 1.29 is 4.92 Å². The van der Waals surface area contributed by atoms with Crippen LogP contribution in [0.3, 0.4) is 0 Å². The minimum Gasteiger partial charge on any atom is -0.258 e. The molecule has 6 nitrogen and oxygen atoms in total. The summed E-state index contributed by atoms with van der Waals surface area (Å²) in [5.41, 5.74) is 0.853. The second-order valence-electron chi connectivity index (χ2n) is 4.90. The summed E-state index contributed by atoms with van der Waals surface area (Å²) in [6.07, 6.45) is 3.99. The highest BCUT2D eigenvalue weighted by atomic mass is 79.9. The van der Waals surface area contributed by atoms with Gasteiger partial charge in [0, 0.05) is 29.6 Å². The highest BCUT2D eigenvalue weighted by molar-refractivity contribution is 9.09. The first kappa shape index (κ1) is 15.6.